The average molecular weight is 216 g/mol. The summed E-state index contributed by atoms with van der Waals surface area (Å²) < 4.78 is 5.49. The molecule has 0 aromatic rings. The second kappa shape index (κ2) is 5.80. The predicted molar refractivity (Wildman–Crippen MR) is 60.8 cm³/mol. The van der Waals surface area contributed by atoms with E-state index in [2.05, 4.69) is 4.90 Å². The lowest BCUT2D eigenvalue weighted by Gasteiger charge is -2.21. The maximum atomic E-state index is 9.79. The van der Waals surface area contributed by atoms with Gasteiger partial charge in [-0.1, -0.05) is 0 Å². The molecule has 0 radical (unpaired) electrons. The van der Waals surface area contributed by atoms with Crippen molar-refractivity contribution < 1.29 is 9.84 Å². The smallest absolute Gasteiger partial charge is 0.0758 e. The van der Waals surface area contributed by atoms with E-state index in [1.807, 2.05) is 13.8 Å². The molecule has 1 fully saturated rings. The van der Waals surface area contributed by atoms with Gasteiger partial charge in [-0.25, -0.2) is 0 Å². The van der Waals surface area contributed by atoms with Crippen molar-refractivity contribution in [3.05, 3.63) is 0 Å². The fourth-order valence-electron chi connectivity index (χ4n) is 2.06. The first-order valence-corrected chi connectivity index (χ1v) is 5.84. The van der Waals surface area contributed by atoms with Crippen LogP contribution in [0, 0.1) is 0 Å². The summed E-state index contributed by atoms with van der Waals surface area (Å²) in [6.07, 6.45) is 2.00. The van der Waals surface area contributed by atoms with Crippen LogP contribution in [0.5, 0.6) is 0 Å². The Kier molecular flexibility index (Phi) is 4.99. The highest BCUT2D eigenvalue weighted by Gasteiger charge is 2.30. The number of nitrogens with two attached hydrogens (primary N) is 1. The summed E-state index contributed by atoms with van der Waals surface area (Å²) in [4.78, 5) is 2.28. The van der Waals surface area contributed by atoms with Gasteiger partial charge in [0.1, 0.15) is 0 Å². The van der Waals surface area contributed by atoms with Crippen LogP contribution in [0.4, 0.5) is 0 Å². The van der Waals surface area contributed by atoms with Crippen LogP contribution >= 0.6 is 0 Å². The SMILES string of the molecule is CCOC(CN)CCN1CCC(C)(O)C1. The molecule has 2 atom stereocenters. The van der Waals surface area contributed by atoms with Gasteiger partial charge in [-0.2, -0.15) is 0 Å². The van der Waals surface area contributed by atoms with Crippen molar-refractivity contribution in [2.24, 2.45) is 5.73 Å². The molecule has 0 amide bonds. The fourth-order valence-corrected chi connectivity index (χ4v) is 2.06. The average Bonchev–Trinajstić information content (AvgIpc) is 2.53. The van der Waals surface area contributed by atoms with Crippen molar-refractivity contribution in [2.75, 3.05) is 32.8 Å². The molecule has 0 aliphatic carbocycles. The maximum Gasteiger partial charge on any atom is 0.0758 e. The lowest BCUT2D eigenvalue weighted by Crippen LogP contribution is -2.33. The Morgan fingerprint density at radius 2 is 2.33 bits per heavy atom. The van der Waals surface area contributed by atoms with Crippen molar-refractivity contribution in [1.29, 1.82) is 0 Å². The van der Waals surface area contributed by atoms with E-state index in [9.17, 15) is 5.11 Å². The Hall–Kier alpha value is -0.160. The third kappa shape index (κ3) is 4.47. The molecule has 0 aromatic carbocycles. The summed E-state index contributed by atoms with van der Waals surface area (Å²) in [5.74, 6) is 0. The Morgan fingerprint density at radius 1 is 1.60 bits per heavy atom. The van der Waals surface area contributed by atoms with Crippen LogP contribution in [0.1, 0.15) is 26.7 Å². The first-order valence-electron chi connectivity index (χ1n) is 5.84. The number of hydrogen-bond donors (Lipinski definition) is 2. The van der Waals surface area contributed by atoms with Gasteiger partial charge in [0, 0.05) is 32.8 Å². The molecule has 0 saturated carbocycles. The monoisotopic (exact) mass is 216 g/mol. The van der Waals surface area contributed by atoms with E-state index in [0.717, 1.165) is 39.1 Å². The van der Waals surface area contributed by atoms with Crippen molar-refractivity contribution in [2.45, 2.75) is 38.4 Å². The first kappa shape index (κ1) is 12.9. The molecule has 90 valence electrons. The highest BCUT2D eigenvalue weighted by Crippen LogP contribution is 2.20. The van der Waals surface area contributed by atoms with Gasteiger partial charge in [0.05, 0.1) is 11.7 Å². The minimum atomic E-state index is -0.496. The number of β-amino-alcohol motifs (C(OH)–C–C–N with tert-alkyl or cyclic N) is 1. The molecule has 1 saturated heterocycles. The molecule has 4 heteroatoms. The van der Waals surface area contributed by atoms with E-state index in [4.69, 9.17) is 10.5 Å². The summed E-state index contributed by atoms with van der Waals surface area (Å²) in [7, 11) is 0. The van der Waals surface area contributed by atoms with Gasteiger partial charge in [0.15, 0.2) is 0 Å². The molecule has 1 aliphatic rings. The van der Waals surface area contributed by atoms with Gasteiger partial charge in [0.2, 0.25) is 0 Å². The van der Waals surface area contributed by atoms with Crippen molar-refractivity contribution in [3.8, 4) is 0 Å². The second-order valence-corrected chi connectivity index (χ2v) is 4.62. The van der Waals surface area contributed by atoms with E-state index in [0.29, 0.717) is 6.54 Å². The van der Waals surface area contributed by atoms with Gasteiger partial charge in [-0.05, 0) is 26.7 Å². The zero-order valence-corrected chi connectivity index (χ0v) is 9.91. The summed E-state index contributed by atoms with van der Waals surface area (Å²) in [6, 6.07) is 0. The molecular weight excluding hydrogens is 192 g/mol. The number of nitrogens with zero attached hydrogens (tertiary/aromatic N) is 1. The standard InChI is InChI=1S/C11H24N2O2/c1-3-15-10(8-12)4-6-13-7-5-11(2,14)9-13/h10,14H,3-9,12H2,1-2H3. The van der Waals surface area contributed by atoms with Crippen molar-refractivity contribution in [1.82, 2.24) is 4.90 Å². The third-order valence-electron chi connectivity index (χ3n) is 2.96. The molecule has 1 aliphatic heterocycles. The third-order valence-corrected chi connectivity index (χ3v) is 2.96. The predicted octanol–water partition coefficient (Wildman–Crippen LogP) is 0.197. The lowest BCUT2D eigenvalue weighted by atomic mass is 10.1. The van der Waals surface area contributed by atoms with Crippen LogP contribution < -0.4 is 5.73 Å². The molecular formula is C11H24N2O2. The molecule has 0 aromatic heterocycles. The van der Waals surface area contributed by atoms with Gasteiger partial charge < -0.3 is 20.5 Å². The zero-order chi connectivity index (χ0) is 11.3. The Morgan fingerprint density at radius 3 is 2.80 bits per heavy atom. The van der Waals surface area contributed by atoms with Gasteiger partial charge >= 0.3 is 0 Å². The normalized spacial score (nSPS) is 29.6. The van der Waals surface area contributed by atoms with Crippen LogP contribution in [-0.4, -0.2) is 54.5 Å². The number of likely N-dealkylation sites (tertiary alicyclic amines) is 1. The van der Waals surface area contributed by atoms with E-state index in [1.54, 1.807) is 0 Å². The van der Waals surface area contributed by atoms with Crippen LogP contribution in [0.2, 0.25) is 0 Å². The number of rotatable bonds is 6. The lowest BCUT2D eigenvalue weighted by molar-refractivity contribution is 0.0470. The van der Waals surface area contributed by atoms with Gasteiger partial charge in [-0.3, -0.25) is 0 Å². The maximum absolute atomic E-state index is 9.79. The molecule has 2 unspecified atom stereocenters. The van der Waals surface area contributed by atoms with Crippen LogP contribution in [0.15, 0.2) is 0 Å². The van der Waals surface area contributed by atoms with Crippen LogP contribution in [-0.2, 0) is 4.74 Å². The van der Waals surface area contributed by atoms with Crippen molar-refractivity contribution >= 4 is 0 Å². The second-order valence-electron chi connectivity index (χ2n) is 4.62. The topological polar surface area (TPSA) is 58.7 Å². The minimum absolute atomic E-state index is 0.167. The Bertz CT molecular complexity index is 185. The highest BCUT2D eigenvalue weighted by molar-refractivity contribution is 4.86. The summed E-state index contributed by atoms with van der Waals surface area (Å²) in [5, 5.41) is 9.79. The number of ether oxygens (including phenoxy) is 1. The minimum Gasteiger partial charge on any atom is -0.389 e. The number of hydrogen-bond acceptors (Lipinski definition) is 4. The molecule has 0 bridgehead atoms. The molecule has 1 heterocycles. The van der Waals surface area contributed by atoms with Gasteiger partial charge in [0.25, 0.3) is 0 Å². The highest BCUT2D eigenvalue weighted by atomic mass is 16.5. The molecule has 4 nitrogen and oxygen atoms in total. The molecule has 1 rings (SSSR count). The Balaban J connectivity index is 2.19. The molecule has 15 heavy (non-hydrogen) atoms. The van der Waals surface area contributed by atoms with Crippen molar-refractivity contribution in [3.63, 3.8) is 0 Å². The first-order chi connectivity index (χ1) is 7.07. The molecule has 0 spiro atoms. The quantitative estimate of drug-likeness (QED) is 0.666. The summed E-state index contributed by atoms with van der Waals surface area (Å²) in [6.45, 7) is 7.92. The van der Waals surface area contributed by atoms with E-state index >= 15 is 0 Å². The van der Waals surface area contributed by atoms with Gasteiger partial charge in [-0.15, -0.1) is 0 Å². The van der Waals surface area contributed by atoms with E-state index in [1.165, 1.54) is 0 Å². The zero-order valence-electron chi connectivity index (χ0n) is 9.91. The van der Waals surface area contributed by atoms with Crippen LogP contribution in [0.3, 0.4) is 0 Å². The van der Waals surface area contributed by atoms with Crippen LogP contribution in [0.25, 0.3) is 0 Å². The Labute approximate surface area is 92.4 Å². The summed E-state index contributed by atoms with van der Waals surface area (Å²) >= 11 is 0. The van der Waals surface area contributed by atoms with E-state index in [-0.39, 0.29) is 6.10 Å². The fraction of sp³-hybridized carbons (Fsp3) is 1.00. The number of aliphatic hydroxyl groups is 1. The largest absolute Gasteiger partial charge is 0.389 e. The summed E-state index contributed by atoms with van der Waals surface area (Å²) in [5.41, 5.74) is 5.11. The molecule has 3 N–H and O–H groups in total. The van der Waals surface area contributed by atoms with E-state index < -0.39 is 5.60 Å².